The Morgan fingerprint density at radius 2 is 2.47 bits per heavy atom. The molecule has 0 atom stereocenters. The summed E-state index contributed by atoms with van der Waals surface area (Å²) in [5.41, 5.74) is 0. The topological polar surface area (TPSA) is 65.5 Å². The molecule has 0 saturated carbocycles. The first kappa shape index (κ1) is 10.4. The van der Waals surface area contributed by atoms with E-state index in [0.29, 0.717) is 19.5 Å². The van der Waals surface area contributed by atoms with E-state index >= 15 is 0 Å². The first-order valence-corrected chi connectivity index (χ1v) is 5.68. The van der Waals surface area contributed by atoms with E-state index in [4.69, 9.17) is 5.11 Å². The van der Waals surface area contributed by atoms with Crippen molar-refractivity contribution >= 4 is 22.4 Å². The van der Waals surface area contributed by atoms with Gasteiger partial charge < -0.3 is 15.3 Å². The van der Waals surface area contributed by atoms with Crippen molar-refractivity contribution < 1.29 is 9.90 Å². The maximum Gasteiger partial charge on any atom is 0.221 e. The lowest BCUT2D eigenvalue weighted by Crippen LogP contribution is -2.28. The highest BCUT2D eigenvalue weighted by Gasteiger charge is 2.16. The summed E-state index contributed by atoms with van der Waals surface area (Å²) < 4.78 is 0. The van der Waals surface area contributed by atoms with Crippen molar-refractivity contribution in [3.63, 3.8) is 0 Å². The number of nitrogens with one attached hydrogen (secondary N) is 1. The van der Waals surface area contributed by atoms with Crippen molar-refractivity contribution in [3.05, 3.63) is 11.1 Å². The fourth-order valence-corrected chi connectivity index (χ4v) is 2.30. The smallest absolute Gasteiger partial charge is 0.221 e. The molecular formula is C9H13N3O2S. The van der Waals surface area contributed by atoms with Gasteiger partial charge in [-0.3, -0.25) is 4.79 Å². The van der Waals surface area contributed by atoms with Crippen molar-refractivity contribution in [1.82, 2.24) is 10.3 Å². The number of aliphatic hydroxyl groups excluding tert-OH is 1. The number of carbonyl (C=O) groups is 1. The lowest BCUT2D eigenvalue weighted by molar-refractivity contribution is -0.120. The molecule has 82 valence electrons. The summed E-state index contributed by atoms with van der Waals surface area (Å²) in [6.07, 6.45) is 2.19. The normalized spacial score (nSPS) is 17.4. The van der Waals surface area contributed by atoms with E-state index in [9.17, 15) is 4.79 Å². The second-order valence-electron chi connectivity index (χ2n) is 3.35. The Hall–Kier alpha value is -1.14. The Morgan fingerprint density at radius 1 is 1.60 bits per heavy atom. The van der Waals surface area contributed by atoms with Crippen molar-refractivity contribution in [2.45, 2.75) is 13.0 Å². The highest BCUT2D eigenvalue weighted by atomic mass is 32.1. The van der Waals surface area contributed by atoms with Gasteiger partial charge in [0.05, 0.1) is 11.5 Å². The average molecular weight is 227 g/mol. The summed E-state index contributed by atoms with van der Waals surface area (Å²) in [5.74, 6) is 0.0939. The van der Waals surface area contributed by atoms with Crippen LogP contribution in [-0.2, 0) is 11.4 Å². The van der Waals surface area contributed by atoms with Crippen molar-refractivity contribution in [2.75, 3.05) is 24.5 Å². The maximum atomic E-state index is 11.1. The minimum atomic E-state index is 0.0304. The SMILES string of the molecule is O=C1CCN(c2ncc(CO)s2)CCN1. The summed E-state index contributed by atoms with van der Waals surface area (Å²) in [7, 11) is 0. The third-order valence-electron chi connectivity index (χ3n) is 2.28. The van der Waals surface area contributed by atoms with Gasteiger partial charge in [0.1, 0.15) is 0 Å². The van der Waals surface area contributed by atoms with E-state index < -0.39 is 0 Å². The lowest BCUT2D eigenvalue weighted by Gasteiger charge is -2.17. The van der Waals surface area contributed by atoms with Gasteiger partial charge in [-0.2, -0.15) is 0 Å². The van der Waals surface area contributed by atoms with Crippen molar-refractivity contribution in [2.24, 2.45) is 0 Å². The molecule has 0 bridgehead atoms. The van der Waals surface area contributed by atoms with Crippen LogP contribution in [-0.4, -0.2) is 35.6 Å². The maximum absolute atomic E-state index is 11.1. The van der Waals surface area contributed by atoms with Gasteiger partial charge in [-0.25, -0.2) is 4.98 Å². The number of carbonyl (C=O) groups excluding carboxylic acids is 1. The van der Waals surface area contributed by atoms with Crippen LogP contribution in [0.15, 0.2) is 6.20 Å². The van der Waals surface area contributed by atoms with Gasteiger partial charge in [-0.1, -0.05) is 11.3 Å². The molecule has 2 N–H and O–H groups in total. The lowest BCUT2D eigenvalue weighted by atomic mass is 10.4. The first-order chi connectivity index (χ1) is 7.29. The van der Waals surface area contributed by atoms with Gasteiger partial charge >= 0.3 is 0 Å². The number of hydrogen-bond acceptors (Lipinski definition) is 5. The predicted octanol–water partition coefficient (Wildman–Crippen LogP) is -0.0383. The molecular weight excluding hydrogens is 214 g/mol. The number of hydrogen-bond donors (Lipinski definition) is 2. The van der Waals surface area contributed by atoms with Gasteiger partial charge in [0, 0.05) is 32.3 Å². The number of amides is 1. The van der Waals surface area contributed by atoms with E-state index in [2.05, 4.69) is 15.2 Å². The number of nitrogens with zero attached hydrogens (tertiary/aromatic N) is 2. The molecule has 1 aromatic rings. The van der Waals surface area contributed by atoms with Crippen molar-refractivity contribution in [3.8, 4) is 0 Å². The molecule has 1 amide bonds. The molecule has 1 aromatic heterocycles. The van der Waals surface area contributed by atoms with Gasteiger partial charge in [-0.05, 0) is 0 Å². The Kier molecular flexibility index (Phi) is 3.17. The zero-order valence-electron chi connectivity index (χ0n) is 8.27. The van der Waals surface area contributed by atoms with Crippen LogP contribution in [0.1, 0.15) is 11.3 Å². The summed E-state index contributed by atoms with van der Waals surface area (Å²) in [4.78, 5) is 18.3. The van der Waals surface area contributed by atoms with Gasteiger partial charge in [0.25, 0.3) is 0 Å². The first-order valence-electron chi connectivity index (χ1n) is 4.87. The number of anilines is 1. The number of aliphatic hydroxyl groups is 1. The Labute approximate surface area is 91.7 Å². The second-order valence-corrected chi connectivity index (χ2v) is 4.45. The molecule has 1 saturated heterocycles. The van der Waals surface area contributed by atoms with Crippen LogP contribution in [0.2, 0.25) is 0 Å². The molecule has 1 fully saturated rings. The molecule has 0 aliphatic carbocycles. The molecule has 2 heterocycles. The van der Waals surface area contributed by atoms with Crippen LogP contribution in [0.3, 0.4) is 0 Å². The quantitative estimate of drug-likeness (QED) is 0.744. The van der Waals surface area contributed by atoms with E-state index in [-0.39, 0.29) is 12.5 Å². The van der Waals surface area contributed by atoms with Crippen LogP contribution in [0.25, 0.3) is 0 Å². The van der Waals surface area contributed by atoms with Gasteiger partial charge in [0.15, 0.2) is 5.13 Å². The molecule has 0 aromatic carbocycles. The van der Waals surface area contributed by atoms with E-state index in [0.717, 1.165) is 16.6 Å². The zero-order valence-corrected chi connectivity index (χ0v) is 9.09. The Morgan fingerprint density at radius 3 is 3.20 bits per heavy atom. The molecule has 1 aliphatic heterocycles. The van der Waals surface area contributed by atoms with E-state index in [1.807, 2.05) is 0 Å². The molecule has 0 radical (unpaired) electrons. The minimum absolute atomic E-state index is 0.0304. The monoisotopic (exact) mass is 227 g/mol. The molecule has 2 rings (SSSR count). The van der Waals surface area contributed by atoms with Crippen molar-refractivity contribution in [1.29, 1.82) is 0 Å². The van der Waals surface area contributed by atoms with Crippen LogP contribution >= 0.6 is 11.3 Å². The number of rotatable bonds is 2. The van der Waals surface area contributed by atoms with Gasteiger partial charge in [-0.15, -0.1) is 0 Å². The third kappa shape index (κ3) is 2.45. The van der Waals surface area contributed by atoms with Crippen LogP contribution < -0.4 is 10.2 Å². The molecule has 5 nitrogen and oxygen atoms in total. The fraction of sp³-hybridized carbons (Fsp3) is 0.556. The largest absolute Gasteiger partial charge is 0.391 e. The number of thiazole rings is 1. The highest BCUT2D eigenvalue weighted by Crippen LogP contribution is 2.22. The van der Waals surface area contributed by atoms with E-state index in [1.165, 1.54) is 11.3 Å². The summed E-state index contributed by atoms with van der Waals surface area (Å²) in [6, 6.07) is 0. The molecule has 0 unspecified atom stereocenters. The number of aromatic nitrogens is 1. The standard InChI is InChI=1S/C9H13N3O2S/c13-6-7-5-11-9(15-7)12-3-1-8(14)10-2-4-12/h5,13H,1-4,6H2,(H,10,14). The summed E-state index contributed by atoms with van der Waals surface area (Å²) in [6.45, 7) is 2.17. The van der Waals surface area contributed by atoms with Crippen LogP contribution in [0.4, 0.5) is 5.13 Å². The fourth-order valence-electron chi connectivity index (χ4n) is 1.47. The third-order valence-corrected chi connectivity index (χ3v) is 3.32. The Balaban J connectivity index is 2.06. The molecule has 6 heteroatoms. The molecule has 15 heavy (non-hydrogen) atoms. The average Bonchev–Trinajstić information content (AvgIpc) is 2.62. The summed E-state index contributed by atoms with van der Waals surface area (Å²) in [5, 5.41) is 12.6. The minimum Gasteiger partial charge on any atom is -0.391 e. The molecule has 1 aliphatic rings. The Bertz CT molecular complexity index is 353. The van der Waals surface area contributed by atoms with Crippen LogP contribution in [0, 0.1) is 0 Å². The molecule has 0 spiro atoms. The van der Waals surface area contributed by atoms with E-state index in [1.54, 1.807) is 6.20 Å². The van der Waals surface area contributed by atoms with Gasteiger partial charge in [0.2, 0.25) is 5.91 Å². The highest BCUT2D eigenvalue weighted by molar-refractivity contribution is 7.15. The second kappa shape index (κ2) is 4.59. The summed E-state index contributed by atoms with van der Waals surface area (Å²) >= 11 is 1.48. The van der Waals surface area contributed by atoms with Crippen LogP contribution in [0.5, 0.6) is 0 Å². The predicted molar refractivity (Wildman–Crippen MR) is 57.9 cm³/mol. The zero-order chi connectivity index (χ0) is 10.7.